The molecular formula is C31H37Cl2N3O5S2. The van der Waals surface area contributed by atoms with Gasteiger partial charge < -0.3 is 15.0 Å². The molecule has 0 saturated carbocycles. The van der Waals surface area contributed by atoms with Gasteiger partial charge in [-0.2, -0.15) is 0 Å². The second-order valence-corrected chi connectivity index (χ2v) is 13.5. The first kappa shape index (κ1) is 34.6. The molecule has 2 amide bonds. The van der Waals surface area contributed by atoms with Gasteiger partial charge in [0, 0.05) is 17.5 Å². The first-order chi connectivity index (χ1) is 20.4. The highest BCUT2D eigenvalue weighted by Gasteiger charge is 2.34. The van der Waals surface area contributed by atoms with Crippen molar-refractivity contribution >= 4 is 62.5 Å². The summed E-state index contributed by atoms with van der Waals surface area (Å²) in [6.45, 7) is 7.23. The summed E-state index contributed by atoms with van der Waals surface area (Å²) in [5.41, 5.74) is 0.918. The van der Waals surface area contributed by atoms with Crippen molar-refractivity contribution in [1.29, 1.82) is 0 Å². The summed E-state index contributed by atoms with van der Waals surface area (Å²) in [4.78, 5) is 29.8. The minimum atomic E-state index is -4.19. The Morgan fingerprint density at radius 3 is 2.14 bits per heavy atom. The minimum absolute atomic E-state index is 0.0132. The molecule has 0 fully saturated rings. The van der Waals surface area contributed by atoms with E-state index in [4.69, 9.17) is 27.9 Å². The number of nitrogens with one attached hydrogen (secondary N) is 1. The summed E-state index contributed by atoms with van der Waals surface area (Å²) >= 11 is 13.9. The molecule has 0 aliphatic rings. The molecule has 0 saturated heterocycles. The summed E-state index contributed by atoms with van der Waals surface area (Å²) < 4.78 is 34.7. The molecule has 3 aromatic carbocycles. The molecule has 1 atom stereocenters. The zero-order valence-electron chi connectivity index (χ0n) is 24.8. The Hall–Kier alpha value is -2.92. The van der Waals surface area contributed by atoms with E-state index in [-0.39, 0.29) is 29.1 Å². The Balaban J connectivity index is 2.08. The quantitative estimate of drug-likeness (QED) is 0.194. The largest absolute Gasteiger partial charge is 0.494 e. The average molecular weight is 667 g/mol. The Kier molecular flexibility index (Phi) is 12.6. The molecule has 12 heteroatoms. The van der Waals surface area contributed by atoms with Gasteiger partial charge in [0.25, 0.3) is 10.0 Å². The number of carbonyl (C=O) groups is 2. The molecule has 0 aliphatic heterocycles. The van der Waals surface area contributed by atoms with Crippen LogP contribution in [0.1, 0.15) is 39.7 Å². The van der Waals surface area contributed by atoms with Crippen LogP contribution in [0.25, 0.3) is 0 Å². The molecular weight excluding hydrogens is 629 g/mol. The maximum atomic E-state index is 14.2. The smallest absolute Gasteiger partial charge is 0.264 e. The van der Waals surface area contributed by atoms with Crippen LogP contribution in [0.4, 0.5) is 5.69 Å². The van der Waals surface area contributed by atoms with Crippen LogP contribution in [-0.4, -0.2) is 56.6 Å². The normalized spacial score (nSPS) is 12.1. The van der Waals surface area contributed by atoms with Crippen LogP contribution in [0.2, 0.25) is 10.0 Å². The molecule has 3 aromatic rings. The van der Waals surface area contributed by atoms with Crippen LogP contribution in [0.3, 0.4) is 0 Å². The van der Waals surface area contributed by atoms with E-state index in [1.807, 2.05) is 27.0 Å². The first-order valence-corrected chi connectivity index (χ1v) is 17.3. The lowest BCUT2D eigenvalue weighted by Gasteiger charge is -2.33. The number of amides is 2. The summed E-state index contributed by atoms with van der Waals surface area (Å²) in [6.07, 6.45) is 2.20. The highest BCUT2D eigenvalue weighted by atomic mass is 35.5. The van der Waals surface area contributed by atoms with Crippen molar-refractivity contribution in [2.45, 2.75) is 62.5 Å². The lowest BCUT2D eigenvalue weighted by molar-refractivity contribution is -0.140. The molecule has 43 heavy (non-hydrogen) atoms. The Morgan fingerprint density at radius 2 is 1.60 bits per heavy atom. The topological polar surface area (TPSA) is 96.0 Å². The molecule has 0 radical (unpaired) electrons. The number of hydrogen-bond acceptors (Lipinski definition) is 6. The van der Waals surface area contributed by atoms with Crippen molar-refractivity contribution in [1.82, 2.24) is 10.2 Å². The third kappa shape index (κ3) is 9.04. The molecule has 8 nitrogen and oxygen atoms in total. The maximum absolute atomic E-state index is 14.2. The molecule has 0 aromatic heterocycles. The molecule has 0 heterocycles. The first-order valence-electron chi connectivity index (χ1n) is 13.8. The maximum Gasteiger partial charge on any atom is 0.264 e. The number of sulfonamides is 1. The number of ether oxygens (including phenoxy) is 1. The summed E-state index contributed by atoms with van der Waals surface area (Å²) in [5.74, 6) is -0.332. The van der Waals surface area contributed by atoms with Gasteiger partial charge in [0.05, 0.1) is 27.2 Å². The van der Waals surface area contributed by atoms with Crippen LogP contribution in [0.15, 0.2) is 76.5 Å². The van der Waals surface area contributed by atoms with E-state index in [1.165, 1.54) is 28.8 Å². The molecule has 0 bridgehead atoms. The zero-order valence-corrected chi connectivity index (χ0v) is 28.0. The van der Waals surface area contributed by atoms with E-state index in [0.29, 0.717) is 34.4 Å². The number of rotatable bonds is 14. The minimum Gasteiger partial charge on any atom is -0.494 e. The monoisotopic (exact) mass is 665 g/mol. The van der Waals surface area contributed by atoms with Gasteiger partial charge in [-0.3, -0.25) is 13.9 Å². The number of carbonyl (C=O) groups excluding carboxylic acids is 2. The van der Waals surface area contributed by atoms with Gasteiger partial charge in [-0.05, 0) is 99.7 Å². The predicted molar refractivity (Wildman–Crippen MR) is 175 cm³/mol. The van der Waals surface area contributed by atoms with E-state index in [2.05, 4.69) is 5.32 Å². The number of thioether (sulfide) groups is 1. The standard InChI is InChI=1S/C31H37Cl2N3O5S2/c1-6-29(31(38)34-21(3)4)35(19-22-8-17-27(32)28(33)18-22)30(37)20-36(23-9-11-24(12-10-23)41-7-2)43(39,40)26-15-13-25(42-5)14-16-26/h8-18,21,29H,6-7,19-20H2,1-5H3,(H,34,38)/t29-/m1/s1. The molecule has 0 aliphatic carbocycles. The lowest BCUT2D eigenvalue weighted by Crippen LogP contribution is -2.53. The second kappa shape index (κ2) is 15.7. The van der Waals surface area contributed by atoms with Crippen molar-refractivity contribution in [3.05, 3.63) is 82.3 Å². The van der Waals surface area contributed by atoms with Crippen molar-refractivity contribution in [3.63, 3.8) is 0 Å². The molecule has 1 N–H and O–H groups in total. The van der Waals surface area contributed by atoms with Gasteiger partial charge in [0.2, 0.25) is 11.8 Å². The third-order valence-electron chi connectivity index (χ3n) is 6.52. The van der Waals surface area contributed by atoms with Gasteiger partial charge in [-0.25, -0.2) is 8.42 Å². The van der Waals surface area contributed by atoms with E-state index in [0.717, 1.165) is 9.20 Å². The van der Waals surface area contributed by atoms with Crippen LogP contribution in [0.5, 0.6) is 5.75 Å². The van der Waals surface area contributed by atoms with Crippen molar-refractivity contribution in [3.8, 4) is 5.75 Å². The molecule has 0 unspecified atom stereocenters. The highest BCUT2D eigenvalue weighted by Crippen LogP contribution is 2.29. The van der Waals surface area contributed by atoms with E-state index >= 15 is 0 Å². The Bertz CT molecular complexity index is 1500. The number of benzene rings is 3. The van der Waals surface area contributed by atoms with E-state index in [9.17, 15) is 18.0 Å². The number of nitrogens with zero attached hydrogens (tertiary/aromatic N) is 2. The van der Waals surface area contributed by atoms with Gasteiger partial charge >= 0.3 is 0 Å². The fourth-order valence-corrected chi connectivity index (χ4v) is 6.56. The molecule has 3 rings (SSSR count). The Morgan fingerprint density at radius 1 is 0.953 bits per heavy atom. The number of halogens is 2. The Labute approximate surface area is 268 Å². The SMILES string of the molecule is CCOc1ccc(N(CC(=O)N(Cc2ccc(Cl)c(Cl)c2)[C@H](CC)C(=O)NC(C)C)S(=O)(=O)c2ccc(SC)cc2)cc1. The van der Waals surface area contributed by atoms with Crippen molar-refractivity contribution < 1.29 is 22.7 Å². The van der Waals surface area contributed by atoms with E-state index in [1.54, 1.807) is 61.5 Å². The highest BCUT2D eigenvalue weighted by molar-refractivity contribution is 7.98. The van der Waals surface area contributed by atoms with Crippen LogP contribution < -0.4 is 14.4 Å². The summed E-state index contributed by atoms with van der Waals surface area (Å²) in [5, 5.41) is 3.54. The van der Waals surface area contributed by atoms with Crippen LogP contribution in [-0.2, 0) is 26.2 Å². The summed E-state index contributed by atoms with van der Waals surface area (Å²) in [6, 6.07) is 16.9. The number of anilines is 1. The summed E-state index contributed by atoms with van der Waals surface area (Å²) in [7, 11) is -4.19. The lowest BCUT2D eigenvalue weighted by atomic mass is 10.1. The van der Waals surface area contributed by atoms with Crippen molar-refractivity contribution in [2.24, 2.45) is 0 Å². The van der Waals surface area contributed by atoms with E-state index < -0.39 is 28.5 Å². The van der Waals surface area contributed by atoms with Gasteiger partial charge in [-0.15, -0.1) is 11.8 Å². The van der Waals surface area contributed by atoms with Crippen molar-refractivity contribution in [2.75, 3.05) is 23.7 Å². The fraction of sp³-hybridized carbons (Fsp3) is 0.355. The zero-order chi connectivity index (χ0) is 31.7. The van der Waals surface area contributed by atoms with Gasteiger partial charge in [-0.1, -0.05) is 36.2 Å². The van der Waals surface area contributed by atoms with Crippen LogP contribution in [0, 0.1) is 0 Å². The second-order valence-electron chi connectivity index (χ2n) is 9.97. The molecule has 0 spiro atoms. The van der Waals surface area contributed by atoms with Gasteiger partial charge in [0.15, 0.2) is 0 Å². The van der Waals surface area contributed by atoms with Gasteiger partial charge in [0.1, 0.15) is 18.3 Å². The average Bonchev–Trinajstić information content (AvgIpc) is 2.97. The third-order valence-corrected chi connectivity index (χ3v) is 9.79. The predicted octanol–water partition coefficient (Wildman–Crippen LogP) is 6.64. The number of hydrogen-bond donors (Lipinski definition) is 1. The fourth-order valence-electron chi connectivity index (χ4n) is 4.41. The van der Waals surface area contributed by atoms with Crippen LogP contribution >= 0.6 is 35.0 Å². The molecule has 232 valence electrons.